The average molecular weight is 397 g/mol. The molecular weight excluding hydrogens is 378 g/mol. The summed E-state index contributed by atoms with van der Waals surface area (Å²) < 4.78 is 4.76. The number of nitrogens with zero attached hydrogens (tertiary/aromatic N) is 5. The van der Waals surface area contributed by atoms with Crippen molar-refractivity contribution in [2.45, 2.75) is 6.54 Å². The first-order valence-corrected chi connectivity index (χ1v) is 9.32. The molecule has 0 N–H and O–H groups in total. The zero-order valence-electron chi connectivity index (χ0n) is 16.3. The fourth-order valence-electron chi connectivity index (χ4n) is 3.02. The summed E-state index contributed by atoms with van der Waals surface area (Å²) in [7, 11) is 1.37. The van der Waals surface area contributed by atoms with E-state index in [0.29, 0.717) is 17.9 Å². The molecule has 148 valence electrons. The summed E-state index contributed by atoms with van der Waals surface area (Å²) in [6.07, 6.45) is 10.3. The zero-order valence-corrected chi connectivity index (χ0v) is 16.3. The van der Waals surface area contributed by atoms with Crippen molar-refractivity contribution in [2.24, 2.45) is 0 Å². The van der Waals surface area contributed by atoms with Gasteiger partial charge in [-0.15, -0.1) is 0 Å². The number of anilines is 2. The van der Waals surface area contributed by atoms with Crippen LogP contribution in [-0.4, -0.2) is 33.0 Å². The van der Waals surface area contributed by atoms with Crippen molar-refractivity contribution in [3.63, 3.8) is 0 Å². The minimum absolute atomic E-state index is 0.360. The highest BCUT2D eigenvalue weighted by atomic mass is 16.5. The molecule has 3 heterocycles. The molecule has 0 fully saturated rings. The molecule has 0 unspecified atom stereocenters. The van der Waals surface area contributed by atoms with E-state index < -0.39 is 0 Å². The van der Waals surface area contributed by atoms with E-state index in [1.54, 1.807) is 43.1 Å². The molecule has 0 bridgehead atoms. The van der Waals surface area contributed by atoms with E-state index >= 15 is 0 Å². The van der Waals surface area contributed by atoms with E-state index in [0.717, 1.165) is 22.5 Å². The van der Waals surface area contributed by atoms with Crippen LogP contribution < -0.4 is 4.90 Å². The Labute approximate surface area is 174 Å². The van der Waals surface area contributed by atoms with Crippen LogP contribution in [0.2, 0.25) is 0 Å². The number of carbonyl (C=O) groups excluding carboxylic acids is 1. The Balaban J connectivity index is 1.63. The van der Waals surface area contributed by atoms with Gasteiger partial charge in [0.1, 0.15) is 5.82 Å². The molecule has 0 saturated heterocycles. The van der Waals surface area contributed by atoms with Crippen LogP contribution in [0.3, 0.4) is 0 Å². The SMILES string of the molecule is COC(=O)c1ccc(CN(c2ccc(-c3ccncc3)cn2)c2cnccn2)cc1. The van der Waals surface area contributed by atoms with E-state index in [-0.39, 0.29) is 5.97 Å². The lowest BCUT2D eigenvalue weighted by atomic mass is 10.1. The van der Waals surface area contributed by atoms with Crippen molar-refractivity contribution in [2.75, 3.05) is 12.0 Å². The molecule has 7 nitrogen and oxygen atoms in total. The van der Waals surface area contributed by atoms with Crippen LogP contribution in [0.1, 0.15) is 15.9 Å². The summed E-state index contributed by atoms with van der Waals surface area (Å²) in [4.78, 5) is 31.0. The van der Waals surface area contributed by atoms with Crippen LogP contribution in [0.4, 0.5) is 11.6 Å². The Morgan fingerprint density at radius 2 is 1.60 bits per heavy atom. The van der Waals surface area contributed by atoms with E-state index in [9.17, 15) is 4.79 Å². The Morgan fingerprint density at radius 1 is 0.800 bits per heavy atom. The second kappa shape index (κ2) is 8.91. The summed E-state index contributed by atoms with van der Waals surface area (Å²) in [6.45, 7) is 0.516. The highest BCUT2D eigenvalue weighted by molar-refractivity contribution is 5.89. The molecule has 4 rings (SSSR count). The highest BCUT2D eigenvalue weighted by Gasteiger charge is 2.14. The smallest absolute Gasteiger partial charge is 0.337 e. The molecule has 1 aromatic carbocycles. The second-order valence-electron chi connectivity index (χ2n) is 6.48. The molecule has 0 aliphatic heterocycles. The third kappa shape index (κ3) is 4.30. The number of hydrogen-bond donors (Lipinski definition) is 0. The number of pyridine rings is 2. The minimum atomic E-state index is -0.360. The summed E-state index contributed by atoms with van der Waals surface area (Å²) in [6, 6.07) is 15.1. The lowest BCUT2D eigenvalue weighted by molar-refractivity contribution is 0.0600. The Bertz CT molecular complexity index is 1100. The Morgan fingerprint density at radius 3 is 2.23 bits per heavy atom. The van der Waals surface area contributed by atoms with E-state index in [1.807, 2.05) is 47.5 Å². The summed E-state index contributed by atoms with van der Waals surface area (Å²) in [5.74, 6) is 1.06. The average Bonchev–Trinajstić information content (AvgIpc) is 2.84. The third-order valence-corrected chi connectivity index (χ3v) is 4.58. The van der Waals surface area contributed by atoms with Gasteiger partial charge in [-0.1, -0.05) is 12.1 Å². The molecular formula is C23H19N5O2. The first-order chi connectivity index (χ1) is 14.7. The maximum Gasteiger partial charge on any atom is 0.337 e. The van der Waals surface area contributed by atoms with Crippen LogP contribution in [0.5, 0.6) is 0 Å². The van der Waals surface area contributed by atoms with Crippen LogP contribution in [0, 0.1) is 0 Å². The lowest BCUT2D eigenvalue weighted by Crippen LogP contribution is -2.19. The number of methoxy groups -OCH3 is 1. The molecule has 0 atom stereocenters. The fourth-order valence-corrected chi connectivity index (χ4v) is 3.02. The first-order valence-electron chi connectivity index (χ1n) is 9.32. The van der Waals surface area contributed by atoms with E-state index in [2.05, 4.69) is 19.9 Å². The number of esters is 1. The standard InChI is InChI=1S/C23H19N5O2/c1-30-23(29)19-4-2-17(3-5-19)16-28(22-15-25-12-13-26-22)21-7-6-20(14-27-21)18-8-10-24-11-9-18/h2-15H,16H2,1H3. The van der Waals surface area contributed by atoms with Gasteiger partial charge in [0.15, 0.2) is 5.82 Å². The summed E-state index contributed by atoms with van der Waals surface area (Å²) in [5.41, 5.74) is 3.55. The van der Waals surface area contributed by atoms with Crippen LogP contribution in [-0.2, 0) is 11.3 Å². The molecule has 30 heavy (non-hydrogen) atoms. The van der Waals surface area contributed by atoms with Gasteiger partial charge in [0, 0.05) is 36.5 Å². The number of hydrogen-bond acceptors (Lipinski definition) is 7. The van der Waals surface area contributed by atoms with Crippen molar-refractivity contribution in [3.05, 3.63) is 96.8 Å². The molecule has 0 radical (unpaired) electrons. The molecule has 7 heteroatoms. The van der Waals surface area contributed by atoms with Crippen molar-refractivity contribution in [3.8, 4) is 11.1 Å². The predicted molar refractivity (Wildman–Crippen MR) is 113 cm³/mol. The van der Waals surface area contributed by atoms with Crippen molar-refractivity contribution in [1.82, 2.24) is 19.9 Å². The number of aromatic nitrogens is 4. The first kappa shape index (κ1) is 19.2. The van der Waals surface area contributed by atoms with Gasteiger partial charge in [-0.05, 0) is 47.5 Å². The predicted octanol–water partition coefficient (Wildman–Crippen LogP) is 4.06. The molecule has 0 aliphatic carbocycles. The van der Waals surface area contributed by atoms with Gasteiger partial charge in [0.05, 0.1) is 25.4 Å². The third-order valence-electron chi connectivity index (χ3n) is 4.58. The quantitative estimate of drug-likeness (QED) is 0.454. The van der Waals surface area contributed by atoms with Crippen LogP contribution in [0.25, 0.3) is 11.1 Å². The summed E-state index contributed by atoms with van der Waals surface area (Å²) in [5, 5.41) is 0. The number of rotatable bonds is 6. The lowest BCUT2D eigenvalue weighted by Gasteiger charge is -2.22. The normalized spacial score (nSPS) is 10.4. The van der Waals surface area contributed by atoms with Crippen LogP contribution in [0.15, 0.2) is 85.7 Å². The van der Waals surface area contributed by atoms with Gasteiger partial charge in [0.2, 0.25) is 0 Å². The fraction of sp³-hybridized carbons (Fsp3) is 0.0870. The maximum absolute atomic E-state index is 11.7. The Hall–Kier alpha value is -4.13. The minimum Gasteiger partial charge on any atom is -0.465 e. The van der Waals surface area contributed by atoms with E-state index in [1.165, 1.54) is 7.11 Å². The molecule has 0 aliphatic rings. The number of ether oxygens (including phenoxy) is 1. The van der Waals surface area contributed by atoms with Crippen molar-refractivity contribution in [1.29, 1.82) is 0 Å². The second-order valence-corrected chi connectivity index (χ2v) is 6.48. The largest absolute Gasteiger partial charge is 0.465 e. The van der Waals surface area contributed by atoms with E-state index in [4.69, 9.17) is 4.74 Å². The van der Waals surface area contributed by atoms with Gasteiger partial charge >= 0.3 is 5.97 Å². The van der Waals surface area contributed by atoms with Crippen LogP contribution >= 0.6 is 0 Å². The van der Waals surface area contributed by atoms with Gasteiger partial charge in [-0.2, -0.15) is 0 Å². The topological polar surface area (TPSA) is 81.1 Å². The van der Waals surface area contributed by atoms with Crippen molar-refractivity contribution < 1.29 is 9.53 Å². The molecule has 0 amide bonds. The number of benzene rings is 1. The maximum atomic E-state index is 11.7. The highest BCUT2D eigenvalue weighted by Crippen LogP contribution is 2.26. The van der Waals surface area contributed by atoms with Gasteiger partial charge < -0.3 is 9.64 Å². The van der Waals surface area contributed by atoms with Gasteiger partial charge in [-0.25, -0.2) is 14.8 Å². The summed E-state index contributed by atoms with van der Waals surface area (Å²) >= 11 is 0. The van der Waals surface area contributed by atoms with Gasteiger partial charge in [0.25, 0.3) is 0 Å². The van der Waals surface area contributed by atoms with Gasteiger partial charge in [-0.3, -0.25) is 9.97 Å². The number of carbonyl (C=O) groups is 1. The monoisotopic (exact) mass is 397 g/mol. The molecule has 0 spiro atoms. The zero-order chi connectivity index (χ0) is 20.8. The Kier molecular flexibility index (Phi) is 5.70. The molecule has 3 aromatic heterocycles. The van der Waals surface area contributed by atoms with Crippen molar-refractivity contribution >= 4 is 17.6 Å². The molecule has 4 aromatic rings. The molecule has 0 saturated carbocycles.